The molecular formula is C42H48Cl4SSi2. The van der Waals surface area contributed by atoms with Gasteiger partial charge in [-0.25, -0.2) is 0 Å². The van der Waals surface area contributed by atoms with Crippen LogP contribution in [-0.2, 0) is 0 Å². The van der Waals surface area contributed by atoms with E-state index in [4.69, 9.17) is 46.4 Å². The van der Waals surface area contributed by atoms with Crippen molar-refractivity contribution in [3.63, 3.8) is 0 Å². The number of benzene rings is 4. The van der Waals surface area contributed by atoms with E-state index in [0.29, 0.717) is 43.3 Å². The molecule has 49 heavy (non-hydrogen) atoms. The van der Waals surface area contributed by atoms with Crippen molar-refractivity contribution in [1.82, 2.24) is 0 Å². The lowest BCUT2D eigenvalue weighted by Crippen LogP contribution is -2.43. The lowest BCUT2D eigenvalue weighted by atomic mass is 9.90. The number of thiophene rings is 1. The molecule has 0 fully saturated rings. The molecule has 0 nitrogen and oxygen atoms in total. The molecule has 0 aliphatic carbocycles. The zero-order valence-corrected chi connectivity index (χ0v) is 36.7. The second-order valence-corrected chi connectivity index (χ2v) is 29.2. The Kier molecular flexibility index (Phi) is 11.3. The summed E-state index contributed by atoms with van der Waals surface area (Å²) in [7, 11) is -4.15. The molecule has 0 radical (unpaired) electrons. The van der Waals surface area contributed by atoms with Gasteiger partial charge in [-0.15, -0.1) is 22.4 Å². The van der Waals surface area contributed by atoms with Crippen molar-refractivity contribution in [3.05, 3.63) is 66.9 Å². The first kappa shape index (κ1) is 38.6. The van der Waals surface area contributed by atoms with E-state index >= 15 is 0 Å². The topological polar surface area (TPSA) is 0 Å². The van der Waals surface area contributed by atoms with Crippen LogP contribution in [-0.4, -0.2) is 16.1 Å². The molecule has 0 aliphatic rings. The Morgan fingerprint density at radius 3 is 1.18 bits per heavy atom. The van der Waals surface area contributed by atoms with Crippen LogP contribution < -0.4 is 0 Å². The third-order valence-electron chi connectivity index (χ3n) is 11.4. The van der Waals surface area contributed by atoms with E-state index in [2.05, 4.69) is 142 Å². The Morgan fingerprint density at radius 1 is 0.469 bits per heavy atom. The Labute approximate surface area is 320 Å². The van der Waals surface area contributed by atoms with Gasteiger partial charge < -0.3 is 0 Å². The van der Waals surface area contributed by atoms with Gasteiger partial charge in [-0.2, -0.15) is 0 Å². The lowest BCUT2D eigenvalue weighted by Gasteiger charge is -2.38. The van der Waals surface area contributed by atoms with Crippen molar-refractivity contribution >= 4 is 116 Å². The monoisotopic (exact) mass is 780 g/mol. The van der Waals surface area contributed by atoms with Gasteiger partial charge >= 0.3 is 0 Å². The van der Waals surface area contributed by atoms with Gasteiger partial charge in [0.1, 0.15) is 16.1 Å². The van der Waals surface area contributed by atoms with E-state index in [1.165, 1.54) is 10.1 Å². The highest BCUT2D eigenvalue weighted by atomic mass is 35.5. The van der Waals surface area contributed by atoms with Crippen molar-refractivity contribution < 1.29 is 0 Å². The molecule has 0 aliphatic heterocycles. The smallest absolute Gasteiger partial charge is 0.144 e. The van der Waals surface area contributed by atoms with Crippen LogP contribution >= 0.6 is 57.7 Å². The van der Waals surface area contributed by atoms with E-state index in [1.54, 1.807) is 11.3 Å². The summed E-state index contributed by atoms with van der Waals surface area (Å²) >= 11 is 29.0. The highest BCUT2D eigenvalue weighted by Crippen LogP contribution is 2.47. The predicted octanol–water partition coefficient (Wildman–Crippen LogP) is 16.1. The fourth-order valence-electron chi connectivity index (χ4n) is 9.00. The molecule has 258 valence electrons. The van der Waals surface area contributed by atoms with Gasteiger partial charge in [0.2, 0.25) is 0 Å². The summed E-state index contributed by atoms with van der Waals surface area (Å²) in [4.78, 5) is 0. The molecule has 0 saturated carbocycles. The second kappa shape index (κ2) is 14.4. The molecule has 5 aromatic rings. The van der Waals surface area contributed by atoms with Crippen LogP contribution in [0.4, 0.5) is 0 Å². The third kappa shape index (κ3) is 6.29. The minimum absolute atomic E-state index is 0.265. The summed E-state index contributed by atoms with van der Waals surface area (Å²) in [5.41, 5.74) is 13.1. The van der Waals surface area contributed by atoms with Crippen LogP contribution in [0, 0.1) is 22.9 Å². The van der Waals surface area contributed by atoms with Crippen LogP contribution in [0.15, 0.2) is 35.7 Å². The summed E-state index contributed by atoms with van der Waals surface area (Å²) in [5.74, 6) is 7.79. The van der Waals surface area contributed by atoms with Crippen LogP contribution in [0.1, 0.15) is 94.2 Å². The summed E-state index contributed by atoms with van der Waals surface area (Å²) in [6.45, 7) is 28.3. The fraction of sp³-hybridized carbons (Fsp3) is 0.429. The van der Waals surface area contributed by atoms with E-state index in [1.807, 2.05) is 0 Å². The second-order valence-electron chi connectivity index (χ2n) is 15.6. The number of halogens is 4. The van der Waals surface area contributed by atoms with Gasteiger partial charge in [0.25, 0.3) is 0 Å². The molecule has 0 N–H and O–H groups in total. The van der Waals surface area contributed by atoms with Crippen LogP contribution in [0.5, 0.6) is 0 Å². The highest BCUT2D eigenvalue weighted by Gasteiger charge is 2.43. The van der Waals surface area contributed by atoms with Gasteiger partial charge in [0.05, 0.1) is 20.1 Å². The number of rotatable bonds is 6. The van der Waals surface area contributed by atoms with Gasteiger partial charge in [0.15, 0.2) is 0 Å². The lowest BCUT2D eigenvalue weighted by molar-refractivity contribution is 0.838. The van der Waals surface area contributed by atoms with E-state index in [-0.39, 0.29) is 10.0 Å². The maximum absolute atomic E-state index is 6.95. The average molecular weight is 783 g/mol. The largest absolute Gasteiger partial charge is 0.146 e. The predicted molar refractivity (Wildman–Crippen MR) is 230 cm³/mol. The fourth-order valence-corrected chi connectivity index (χ4v) is 21.2. The van der Waals surface area contributed by atoms with Crippen LogP contribution in [0.2, 0.25) is 53.3 Å². The first-order chi connectivity index (χ1) is 22.9. The maximum Gasteiger partial charge on any atom is 0.146 e. The summed E-state index contributed by atoms with van der Waals surface area (Å²) in [6.07, 6.45) is 0. The van der Waals surface area contributed by atoms with Crippen LogP contribution in [0.3, 0.4) is 0 Å². The molecule has 0 atom stereocenters. The summed E-state index contributed by atoms with van der Waals surface area (Å²) in [5, 5.41) is 10.5. The van der Waals surface area contributed by atoms with E-state index < -0.39 is 16.1 Å². The number of fused-ring (bicyclic) bond motifs is 4. The Balaban J connectivity index is 2.09. The first-order valence-electron chi connectivity index (χ1n) is 17.5. The Hall–Kier alpha value is -1.67. The van der Waals surface area contributed by atoms with Gasteiger partial charge in [-0.05, 0) is 90.5 Å². The number of hydrogen-bond donors (Lipinski definition) is 0. The van der Waals surface area contributed by atoms with Gasteiger partial charge in [0, 0.05) is 32.0 Å². The Bertz CT molecular complexity index is 2020. The average Bonchev–Trinajstić information content (AvgIpc) is 3.48. The van der Waals surface area contributed by atoms with E-state index in [9.17, 15) is 0 Å². The third-order valence-corrected chi connectivity index (χ3v) is 26.7. The van der Waals surface area contributed by atoms with Crippen LogP contribution in [0.25, 0.3) is 42.4 Å². The van der Waals surface area contributed by atoms with E-state index in [0.717, 1.165) is 43.4 Å². The minimum atomic E-state index is -2.07. The molecule has 0 saturated heterocycles. The highest BCUT2D eigenvalue weighted by molar-refractivity contribution is 7.17. The molecule has 7 heteroatoms. The van der Waals surface area contributed by atoms with Gasteiger partial charge in [-0.3, -0.25) is 0 Å². The SMILES string of the molecule is CC(C)[Si](C#Cc1c2cc3ccsc3cc2c(C#C[Si](C(C)C)(C(C)C)C(C)C)c2cc3c(Cl)c(Cl)c(Cl)c(Cl)c3cc12)(C(C)C)C(C)C. The first-order valence-corrected chi connectivity index (χ1v) is 24.4. The van der Waals surface area contributed by atoms with Crippen molar-refractivity contribution in [1.29, 1.82) is 0 Å². The maximum atomic E-state index is 6.95. The normalized spacial score (nSPS) is 12.9. The molecule has 1 heterocycles. The van der Waals surface area contributed by atoms with Crippen molar-refractivity contribution in [2.75, 3.05) is 0 Å². The van der Waals surface area contributed by atoms with Crippen molar-refractivity contribution in [3.8, 4) is 22.9 Å². The molecular weight excluding hydrogens is 735 g/mol. The molecule has 0 spiro atoms. The minimum Gasteiger partial charge on any atom is -0.144 e. The molecule has 0 bridgehead atoms. The molecule has 0 amide bonds. The zero-order chi connectivity index (χ0) is 36.3. The molecule has 4 aromatic carbocycles. The summed E-state index contributed by atoms with van der Waals surface area (Å²) < 4.78 is 1.24. The molecule has 5 rings (SSSR count). The van der Waals surface area contributed by atoms with Gasteiger partial charge in [-0.1, -0.05) is 141 Å². The number of hydrogen-bond acceptors (Lipinski definition) is 1. The van der Waals surface area contributed by atoms with Crippen molar-refractivity contribution in [2.45, 2.75) is 116 Å². The Morgan fingerprint density at radius 2 is 0.816 bits per heavy atom. The zero-order valence-electron chi connectivity index (χ0n) is 30.8. The quantitative estimate of drug-likeness (QED) is 0.0529. The standard InChI is InChI=1S/C42H48Cl4SSi2/c1-23(2)48(24(3)4,25(5)6)17-14-30-32-19-29-13-16-47-38(29)22-35(32)31(15-18-49(26(7)8,27(9)10)28(11)12)34-21-37-36(20-33(30)34)39(43)41(45)42(46)40(37)44/h13,16,19-28H,1-12H3. The molecule has 0 unspecified atom stereocenters. The molecule has 1 aromatic heterocycles. The summed E-state index contributed by atoms with van der Waals surface area (Å²) in [6, 6.07) is 11.1. The van der Waals surface area contributed by atoms with Crippen molar-refractivity contribution in [2.24, 2.45) is 0 Å².